The molecule has 170 valence electrons. The van der Waals surface area contributed by atoms with Crippen LogP contribution in [0.25, 0.3) is 0 Å². The molecule has 8 heteroatoms. The van der Waals surface area contributed by atoms with Crippen LogP contribution in [0.4, 0.5) is 5.82 Å². The maximum Gasteiger partial charge on any atom is 0.248 e. The lowest BCUT2D eigenvalue weighted by molar-refractivity contribution is -0.136. The standard InChI is InChI=1S/C24H30N4O4/c1-16-20-10-11-21(29)28(13-17-6-8-19(32-3)9-7-17)24(20)26-23(25-16)18-5-4-12-27(14-18)22(30)15-31-2/h6-9,18H,4-5,10-15H2,1-3H3/t18-/m1/s1. The predicted octanol–water partition coefficient (Wildman–Crippen LogP) is 2.63. The highest BCUT2D eigenvalue weighted by Crippen LogP contribution is 2.33. The average Bonchev–Trinajstić information content (AvgIpc) is 2.81. The monoisotopic (exact) mass is 438 g/mol. The van der Waals surface area contributed by atoms with Crippen molar-refractivity contribution >= 4 is 17.6 Å². The van der Waals surface area contributed by atoms with Gasteiger partial charge in [0.1, 0.15) is 24.0 Å². The van der Waals surface area contributed by atoms with E-state index in [1.54, 1.807) is 12.0 Å². The van der Waals surface area contributed by atoms with Crippen molar-refractivity contribution < 1.29 is 19.1 Å². The second-order valence-corrected chi connectivity index (χ2v) is 8.41. The molecule has 0 bridgehead atoms. The number of methoxy groups -OCH3 is 2. The van der Waals surface area contributed by atoms with Crippen LogP contribution in [-0.2, 0) is 27.3 Å². The third kappa shape index (κ3) is 4.60. The summed E-state index contributed by atoms with van der Waals surface area (Å²) in [6.45, 7) is 3.83. The van der Waals surface area contributed by atoms with Gasteiger partial charge in [-0.1, -0.05) is 12.1 Å². The number of hydrogen-bond donors (Lipinski definition) is 0. The van der Waals surface area contributed by atoms with E-state index in [0.29, 0.717) is 37.6 Å². The largest absolute Gasteiger partial charge is 0.497 e. The second kappa shape index (κ2) is 9.65. The molecule has 1 aromatic heterocycles. The lowest BCUT2D eigenvalue weighted by Gasteiger charge is -2.34. The van der Waals surface area contributed by atoms with Gasteiger partial charge in [0, 0.05) is 43.8 Å². The number of carbonyl (C=O) groups is 2. The minimum Gasteiger partial charge on any atom is -0.497 e. The number of aryl methyl sites for hydroxylation is 1. The van der Waals surface area contributed by atoms with E-state index < -0.39 is 0 Å². The number of benzene rings is 1. The molecule has 1 saturated heterocycles. The van der Waals surface area contributed by atoms with Gasteiger partial charge in [-0.15, -0.1) is 0 Å². The third-order valence-electron chi connectivity index (χ3n) is 6.26. The zero-order chi connectivity index (χ0) is 22.7. The summed E-state index contributed by atoms with van der Waals surface area (Å²) >= 11 is 0. The minimum absolute atomic E-state index is 0.0109. The van der Waals surface area contributed by atoms with Gasteiger partial charge in [-0.05, 0) is 43.9 Å². The van der Waals surface area contributed by atoms with Crippen molar-refractivity contribution in [1.82, 2.24) is 14.9 Å². The number of ether oxygens (including phenoxy) is 2. The number of fused-ring (bicyclic) bond motifs is 1. The summed E-state index contributed by atoms with van der Waals surface area (Å²) in [6.07, 6.45) is 2.92. The van der Waals surface area contributed by atoms with E-state index in [1.165, 1.54) is 7.11 Å². The first-order valence-electron chi connectivity index (χ1n) is 11.1. The van der Waals surface area contributed by atoms with Gasteiger partial charge in [0.05, 0.1) is 13.7 Å². The second-order valence-electron chi connectivity index (χ2n) is 8.41. The number of carbonyl (C=O) groups excluding carboxylic acids is 2. The molecule has 0 unspecified atom stereocenters. The first-order valence-corrected chi connectivity index (χ1v) is 11.1. The summed E-state index contributed by atoms with van der Waals surface area (Å²) < 4.78 is 10.3. The normalized spacial score (nSPS) is 18.5. The van der Waals surface area contributed by atoms with Crippen molar-refractivity contribution in [3.63, 3.8) is 0 Å². The van der Waals surface area contributed by atoms with E-state index in [9.17, 15) is 9.59 Å². The Labute approximate surface area is 188 Å². The van der Waals surface area contributed by atoms with E-state index >= 15 is 0 Å². The van der Waals surface area contributed by atoms with Crippen molar-refractivity contribution in [2.45, 2.75) is 45.1 Å². The number of hydrogen-bond acceptors (Lipinski definition) is 6. The Kier molecular flexibility index (Phi) is 6.69. The quantitative estimate of drug-likeness (QED) is 0.689. The highest BCUT2D eigenvalue weighted by Gasteiger charge is 2.31. The predicted molar refractivity (Wildman–Crippen MR) is 120 cm³/mol. The molecule has 0 saturated carbocycles. The van der Waals surface area contributed by atoms with Crippen molar-refractivity contribution in [3.8, 4) is 5.75 Å². The van der Waals surface area contributed by atoms with Crippen LogP contribution in [0.3, 0.4) is 0 Å². The fourth-order valence-electron chi connectivity index (χ4n) is 4.49. The molecule has 1 fully saturated rings. The Morgan fingerprint density at radius 2 is 1.94 bits per heavy atom. The Hall–Kier alpha value is -3.00. The number of rotatable bonds is 6. The molecule has 0 aliphatic carbocycles. The molecule has 2 aromatic rings. The highest BCUT2D eigenvalue weighted by atomic mass is 16.5. The molecular formula is C24H30N4O4. The highest BCUT2D eigenvalue weighted by molar-refractivity contribution is 5.95. The first kappa shape index (κ1) is 22.2. The van der Waals surface area contributed by atoms with E-state index in [4.69, 9.17) is 19.4 Å². The van der Waals surface area contributed by atoms with Crippen LogP contribution in [-0.4, -0.2) is 60.6 Å². The lowest BCUT2D eigenvalue weighted by Crippen LogP contribution is -2.41. The third-order valence-corrected chi connectivity index (χ3v) is 6.26. The molecule has 0 spiro atoms. The summed E-state index contributed by atoms with van der Waals surface area (Å²) in [5.74, 6) is 2.31. The zero-order valence-corrected chi connectivity index (χ0v) is 19.0. The van der Waals surface area contributed by atoms with Crippen LogP contribution in [0.5, 0.6) is 5.75 Å². The molecule has 8 nitrogen and oxygen atoms in total. The number of likely N-dealkylation sites (tertiary alicyclic amines) is 1. The summed E-state index contributed by atoms with van der Waals surface area (Å²) in [7, 11) is 3.17. The summed E-state index contributed by atoms with van der Waals surface area (Å²) in [4.78, 5) is 38.5. The number of amides is 2. The molecule has 0 N–H and O–H groups in total. The van der Waals surface area contributed by atoms with Crippen LogP contribution in [0, 0.1) is 6.92 Å². The molecular weight excluding hydrogens is 408 g/mol. The van der Waals surface area contributed by atoms with Crippen molar-refractivity contribution in [3.05, 3.63) is 46.9 Å². The summed E-state index contributed by atoms with van der Waals surface area (Å²) in [5, 5.41) is 0. The molecule has 3 heterocycles. The van der Waals surface area contributed by atoms with Gasteiger partial charge in [-0.3, -0.25) is 14.5 Å². The zero-order valence-electron chi connectivity index (χ0n) is 19.0. The molecule has 2 amide bonds. The molecule has 32 heavy (non-hydrogen) atoms. The van der Waals surface area contributed by atoms with Gasteiger partial charge in [-0.25, -0.2) is 9.97 Å². The van der Waals surface area contributed by atoms with Gasteiger partial charge in [-0.2, -0.15) is 0 Å². The lowest BCUT2D eigenvalue weighted by atomic mass is 9.95. The van der Waals surface area contributed by atoms with Crippen molar-refractivity contribution in [1.29, 1.82) is 0 Å². The van der Waals surface area contributed by atoms with Crippen molar-refractivity contribution in [2.75, 3.05) is 38.8 Å². The van der Waals surface area contributed by atoms with E-state index in [1.807, 2.05) is 36.1 Å². The fraction of sp³-hybridized carbons (Fsp3) is 0.500. The van der Waals surface area contributed by atoms with Crippen LogP contribution in [0.15, 0.2) is 24.3 Å². The van der Waals surface area contributed by atoms with Crippen LogP contribution >= 0.6 is 0 Å². The van der Waals surface area contributed by atoms with Crippen LogP contribution in [0.2, 0.25) is 0 Å². The van der Waals surface area contributed by atoms with Crippen LogP contribution in [0.1, 0.15) is 47.8 Å². The van der Waals surface area contributed by atoms with Gasteiger partial charge >= 0.3 is 0 Å². The number of anilines is 1. The Bertz CT molecular complexity index is 992. The topological polar surface area (TPSA) is 84.9 Å². The van der Waals surface area contributed by atoms with Gasteiger partial charge in [0.15, 0.2) is 0 Å². The van der Waals surface area contributed by atoms with Crippen LogP contribution < -0.4 is 9.64 Å². The van der Waals surface area contributed by atoms with Gasteiger partial charge < -0.3 is 14.4 Å². The molecule has 2 aliphatic heterocycles. The molecule has 1 aromatic carbocycles. The number of nitrogens with zero attached hydrogens (tertiary/aromatic N) is 4. The van der Waals surface area contributed by atoms with E-state index in [-0.39, 0.29) is 24.3 Å². The molecule has 1 atom stereocenters. The SMILES string of the molecule is COCC(=O)N1CCC[C@@H](c2nc(C)c3c(n2)N(Cc2ccc(OC)cc2)C(=O)CC3)C1. The Morgan fingerprint density at radius 1 is 1.16 bits per heavy atom. The number of piperidine rings is 1. The minimum atomic E-state index is -0.0109. The van der Waals surface area contributed by atoms with Gasteiger partial charge in [0.2, 0.25) is 11.8 Å². The van der Waals surface area contributed by atoms with Gasteiger partial charge in [0.25, 0.3) is 0 Å². The number of aromatic nitrogens is 2. The summed E-state index contributed by atoms with van der Waals surface area (Å²) in [5.41, 5.74) is 2.96. The van der Waals surface area contributed by atoms with Crippen molar-refractivity contribution in [2.24, 2.45) is 0 Å². The fourth-order valence-corrected chi connectivity index (χ4v) is 4.49. The van der Waals surface area contributed by atoms with E-state index in [2.05, 4.69) is 0 Å². The Morgan fingerprint density at radius 3 is 2.66 bits per heavy atom. The molecule has 4 rings (SSSR count). The first-order chi connectivity index (χ1) is 15.5. The molecule has 0 radical (unpaired) electrons. The molecule has 2 aliphatic rings. The summed E-state index contributed by atoms with van der Waals surface area (Å²) in [6, 6.07) is 7.73. The Balaban J connectivity index is 1.61. The average molecular weight is 439 g/mol. The van der Waals surface area contributed by atoms with E-state index in [0.717, 1.165) is 42.0 Å². The maximum absolute atomic E-state index is 12.9. The smallest absolute Gasteiger partial charge is 0.248 e. The maximum atomic E-state index is 12.9.